The molecule has 88 valence electrons. The highest BCUT2D eigenvalue weighted by atomic mass is 32.1. The van der Waals surface area contributed by atoms with E-state index in [2.05, 4.69) is 17.5 Å². The summed E-state index contributed by atoms with van der Waals surface area (Å²) >= 11 is 1.78. The molecule has 0 amide bonds. The molecule has 0 spiro atoms. The molecule has 1 unspecified atom stereocenters. The second-order valence-corrected chi connectivity index (χ2v) is 5.12. The molecule has 1 N–H and O–H groups in total. The molecule has 16 heavy (non-hydrogen) atoms. The van der Waals surface area contributed by atoms with Crippen LogP contribution in [0.4, 0.5) is 0 Å². The van der Waals surface area contributed by atoms with Gasteiger partial charge in [0.2, 0.25) is 0 Å². The van der Waals surface area contributed by atoms with Gasteiger partial charge in [0.1, 0.15) is 11.9 Å². The number of hydrogen-bond acceptors (Lipinski definition) is 3. The van der Waals surface area contributed by atoms with Gasteiger partial charge in [-0.15, -0.1) is 11.3 Å². The zero-order valence-corrected chi connectivity index (χ0v) is 10.2. The monoisotopic (exact) mass is 238 g/mol. The maximum atomic E-state index is 9.91. The van der Waals surface area contributed by atoms with Crippen molar-refractivity contribution in [2.75, 3.05) is 6.61 Å². The van der Waals surface area contributed by atoms with Crippen LogP contribution in [-0.2, 0) is 11.2 Å². The Morgan fingerprint density at radius 3 is 3.12 bits per heavy atom. The van der Waals surface area contributed by atoms with Crippen molar-refractivity contribution in [2.45, 2.75) is 38.2 Å². The number of ether oxygens (including phenoxy) is 1. The summed E-state index contributed by atoms with van der Waals surface area (Å²) < 4.78 is 5.44. The highest BCUT2D eigenvalue weighted by Gasteiger charge is 2.14. The number of allylic oxidation sites excluding steroid dienone is 1. The van der Waals surface area contributed by atoms with E-state index in [-0.39, 0.29) is 0 Å². The van der Waals surface area contributed by atoms with Crippen LogP contribution in [-0.4, -0.2) is 17.8 Å². The third-order valence-corrected chi connectivity index (χ3v) is 3.71. The fourth-order valence-electron chi connectivity index (χ4n) is 1.88. The van der Waals surface area contributed by atoms with Crippen LogP contribution < -0.4 is 0 Å². The van der Waals surface area contributed by atoms with Crippen molar-refractivity contribution >= 4 is 11.3 Å². The van der Waals surface area contributed by atoms with E-state index in [0.717, 1.165) is 44.5 Å². The average Bonchev–Trinajstić information content (AvgIpc) is 2.83. The molecule has 3 heteroatoms. The molecule has 1 aromatic heterocycles. The molecule has 1 aromatic rings. The van der Waals surface area contributed by atoms with Crippen molar-refractivity contribution in [1.29, 1.82) is 0 Å². The molecule has 0 fully saturated rings. The number of thiophene rings is 1. The van der Waals surface area contributed by atoms with Crippen LogP contribution in [0.5, 0.6) is 0 Å². The van der Waals surface area contributed by atoms with Gasteiger partial charge in [-0.2, -0.15) is 0 Å². The minimum atomic E-state index is -0.403. The standard InChI is InChI=1S/C13H18O2S/c14-12(13-8-1-2-9-15-13)7-3-5-11-6-4-10-16-11/h4,6,8,10,12,14H,1-3,5,7,9H2. The van der Waals surface area contributed by atoms with Gasteiger partial charge < -0.3 is 9.84 Å². The Morgan fingerprint density at radius 2 is 2.44 bits per heavy atom. The molecule has 0 aliphatic carbocycles. The highest BCUT2D eigenvalue weighted by Crippen LogP contribution is 2.19. The molecule has 0 saturated carbocycles. The van der Waals surface area contributed by atoms with Crippen molar-refractivity contribution < 1.29 is 9.84 Å². The van der Waals surface area contributed by atoms with Gasteiger partial charge >= 0.3 is 0 Å². The predicted molar refractivity (Wildman–Crippen MR) is 66.5 cm³/mol. The van der Waals surface area contributed by atoms with Crippen LogP contribution >= 0.6 is 11.3 Å². The first-order valence-corrected chi connectivity index (χ1v) is 6.77. The van der Waals surface area contributed by atoms with Gasteiger partial charge in [-0.25, -0.2) is 0 Å². The maximum absolute atomic E-state index is 9.91. The van der Waals surface area contributed by atoms with Crippen LogP contribution in [0, 0.1) is 0 Å². The molecule has 0 bridgehead atoms. The van der Waals surface area contributed by atoms with E-state index in [1.54, 1.807) is 11.3 Å². The van der Waals surface area contributed by atoms with Crippen molar-refractivity contribution in [1.82, 2.24) is 0 Å². The second kappa shape index (κ2) is 6.06. The topological polar surface area (TPSA) is 29.5 Å². The van der Waals surface area contributed by atoms with E-state index in [4.69, 9.17) is 4.74 Å². The lowest BCUT2D eigenvalue weighted by molar-refractivity contribution is 0.0855. The Balaban J connectivity index is 1.71. The lowest BCUT2D eigenvalue weighted by Crippen LogP contribution is -2.16. The van der Waals surface area contributed by atoms with Gasteiger partial charge in [-0.05, 0) is 49.6 Å². The summed E-state index contributed by atoms with van der Waals surface area (Å²) in [5, 5.41) is 12.0. The summed E-state index contributed by atoms with van der Waals surface area (Å²) in [6.07, 6.45) is 6.61. The minimum Gasteiger partial charge on any atom is -0.496 e. The summed E-state index contributed by atoms with van der Waals surface area (Å²) in [6.45, 7) is 0.758. The zero-order chi connectivity index (χ0) is 11.2. The van der Waals surface area contributed by atoms with E-state index in [0.29, 0.717) is 0 Å². The zero-order valence-electron chi connectivity index (χ0n) is 9.39. The Kier molecular flexibility index (Phi) is 4.43. The van der Waals surface area contributed by atoms with Gasteiger partial charge in [-0.3, -0.25) is 0 Å². The van der Waals surface area contributed by atoms with Crippen molar-refractivity contribution in [3.8, 4) is 0 Å². The summed E-state index contributed by atoms with van der Waals surface area (Å²) in [5.74, 6) is 0.789. The molecule has 1 aliphatic rings. The lowest BCUT2D eigenvalue weighted by atomic mass is 10.1. The molecule has 1 atom stereocenters. The van der Waals surface area contributed by atoms with Crippen LogP contribution in [0.3, 0.4) is 0 Å². The normalized spacial score (nSPS) is 17.7. The molecule has 2 heterocycles. The fourth-order valence-corrected chi connectivity index (χ4v) is 2.63. The summed E-state index contributed by atoms with van der Waals surface area (Å²) in [6, 6.07) is 4.22. The van der Waals surface area contributed by atoms with Crippen molar-refractivity contribution in [3.05, 3.63) is 34.2 Å². The van der Waals surface area contributed by atoms with E-state index in [9.17, 15) is 5.11 Å². The van der Waals surface area contributed by atoms with Crippen LogP contribution in [0.1, 0.15) is 30.6 Å². The van der Waals surface area contributed by atoms with Crippen LogP contribution in [0.15, 0.2) is 29.3 Å². The third kappa shape index (κ3) is 3.35. The predicted octanol–water partition coefficient (Wildman–Crippen LogP) is 3.13. The number of aryl methyl sites for hydroxylation is 1. The van der Waals surface area contributed by atoms with Gasteiger partial charge in [0.15, 0.2) is 0 Å². The molecule has 1 aliphatic heterocycles. The van der Waals surface area contributed by atoms with E-state index >= 15 is 0 Å². The molecule has 2 rings (SSSR count). The smallest absolute Gasteiger partial charge is 0.120 e. The fraction of sp³-hybridized carbons (Fsp3) is 0.538. The van der Waals surface area contributed by atoms with Crippen LogP contribution in [0.25, 0.3) is 0 Å². The average molecular weight is 238 g/mol. The van der Waals surface area contributed by atoms with Gasteiger partial charge in [-0.1, -0.05) is 6.07 Å². The lowest BCUT2D eigenvalue weighted by Gasteiger charge is -2.19. The number of aliphatic hydroxyl groups is 1. The largest absolute Gasteiger partial charge is 0.496 e. The molecule has 2 nitrogen and oxygen atoms in total. The molecular weight excluding hydrogens is 220 g/mol. The van der Waals surface area contributed by atoms with Gasteiger partial charge in [0, 0.05) is 4.88 Å². The Labute approximate surface area is 101 Å². The summed E-state index contributed by atoms with van der Waals surface area (Å²) in [4.78, 5) is 1.39. The van der Waals surface area contributed by atoms with Crippen LogP contribution in [0.2, 0.25) is 0 Å². The van der Waals surface area contributed by atoms with E-state index in [1.165, 1.54) is 4.88 Å². The maximum Gasteiger partial charge on any atom is 0.120 e. The Morgan fingerprint density at radius 1 is 1.50 bits per heavy atom. The van der Waals surface area contributed by atoms with E-state index in [1.807, 2.05) is 6.08 Å². The number of hydrogen-bond donors (Lipinski definition) is 1. The second-order valence-electron chi connectivity index (χ2n) is 4.08. The summed E-state index contributed by atoms with van der Waals surface area (Å²) in [7, 11) is 0. The van der Waals surface area contributed by atoms with E-state index < -0.39 is 6.10 Å². The SMILES string of the molecule is OC(CCCc1cccs1)C1=CCCCO1. The Hall–Kier alpha value is -0.800. The molecule has 0 saturated heterocycles. The van der Waals surface area contributed by atoms with Crippen molar-refractivity contribution in [2.24, 2.45) is 0 Å². The highest BCUT2D eigenvalue weighted by molar-refractivity contribution is 7.09. The third-order valence-electron chi connectivity index (χ3n) is 2.77. The molecular formula is C13H18O2S. The van der Waals surface area contributed by atoms with Gasteiger partial charge in [0.25, 0.3) is 0 Å². The quantitative estimate of drug-likeness (QED) is 0.854. The molecule has 0 aromatic carbocycles. The van der Waals surface area contributed by atoms with Gasteiger partial charge in [0.05, 0.1) is 6.61 Å². The first-order chi connectivity index (χ1) is 7.86. The van der Waals surface area contributed by atoms with Crippen molar-refractivity contribution in [3.63, 3.8) is 0 Å². The number of rotatable bonds is 5. The summed E-state index contributed by atoms with van der Waals surface area (Å²) in [5.41, 5.74) is 0. The first kappa shape index (κ1) is 11.7. The Bertz CT molecular complexity index is 330. The number of aliphatic hydroxyl groups excluding tert-OH is 1. The minimum absolute atomic E-state index is 0.403. The molecule has 0 radical (unpaired) electrons. The first-order valence-electron chi connectivity index (χ1n) is 5.89.